The number of anilines is 2. The van der Waals surface area contributed by atoms with E-state index in [4.69, 9.17) is 4.74 Å². The molecule has 5 nitrogen and oxygen atoms in total. The third kappa shape index (κ3) is 4.02. The van der Waals surface area contributed by atoms with Gasteiger partial charge in [0, 0.05) is 20.2 Å². The van der Waals surface area contributed by atoms with Gasteiger partial charge in [-0.25, -0.2) is 9.97 Å². The highest BCUT2D eigenvalue weighted by atomic mass is 16.5. The zero-order valence-corrected chi connectivity index (χ0v) is 10.2. The first-order valence-electron chi connectivity index (χ1n) is 5.55. The number of methoxy groups -OCH3 is 1. The molecule has 0 spiro atoms. The van der Waals surface area contributed by atoms with Gasteiger partial charge in [0.15, 0.2) is 0 Å². The normalized spacial score (nSPS) is 12.2. The van der Waals surface area contributed by atoms with Crippen LogP contribution in [0.25, 0.3) is 0 Å². The van der Waals surface area contributed by atoms with Crippen LogP contribution < -0.4 is 10.6 Å². The van der Waals surface area contributed by atoms with Gasteiger partial charge in [-0.15, -0.1) is 0 Å². The Morgan fingerprint density at radius 2 is 2.12 bits per heavy atom. The summed E-state index contributed by atoms with van der Waals surface area (Å²) in [4.78, 5) is 8.24. The average Bonchev–Trinajstić information content (AvgIpc) is 2.30. The molecular formula is C11H20N4O. The van der Waals surface area contributed by atoms with Crippen LogP contribution in [0, 0.1) is 0 Å². The lowest BCUT2D eigenvalue weighted by Crippen LogP contribution is -2.25. The molecule has 0 aromatic carbocycles. The minimum absolute atomic E-state index is 0.301. The summed E-state index contributed by atoms with van der Waals surface area (Å²) in [5.41, 5.74) is 0. The molecular weight excluding hydrogens is 204 g/mol. The Morgan fingerprint density at radius 1 is 1.38 bits per heavy atom. The fraction of sp³-hybridized carbons (Fsp3) is 0.636. The third-order valence-corrected chi connectivity index (χ3v) is 2.28. The summed E-state index contributed by atoms with van der Waals surface area (Å²) in [6.07, 6.45) is 3.72. The molecule has 0 amide bonds. The smallest absolute Gasteiger partial charge is 0.131 e. The molecule has 90 valence electrons. The van der Waals surface area contributed by atoms with Crippen molar-refractivity contribution in [1.29, 1.82) is 0 Å². The van der Waals surface area contributed by atoms with E-state index in [1.807, 2.05) is 13.1 Å². The van der Waals surface area contributed by atoms with Crippen molar-refractivity contribution in [2.75, 3.05) is 31.4 Å². The second-order valence-electron chi connectivity index (χ2n) is 3.62. The van der Waals surface area contributed by atoms with Gasteiger partial charge in [-0.3, -0.25) is 0 Å². The van der Waals surface area contributed by atoms with Gasteiger partial charge >= 0.3 is 0 Å². The highest BCUT2D eigenvalue weighted by molar-refractivity contribution is 5.46. The van der Waals surface area contributed by atoms with Crippen LogP contribution in [0.4, 0.5) is 11.6 Å². The number of rotatable bonds is 7. The molecule has 0 saturated heterocycles. The lowest BCUT2D eigenvalue weighted by Gasteiger charge is -2.17. The van der Waals surface area contributed by atoms with E-state index in [1.54, 1.807) is 13.4 Å². The van der Waals surface area contributed by atoms with Crippen molar-refractivity contribution in [3.63, 3.8) is 0 Å². The molecule has 0 aliphatic heterocycles. The van der Waals surface area contributed by atoms with E-state index in [-0.39, 0.29) is 0 Å². The van der Waals surface area contributed by atoms with Crippen LogP contribution in [0.15, 0.2) is 12.4 Å². The van der Waals surface area contributed by atoms with E-state index in [0.29, 0.717) is 12.6 Å². The number of nitrogens with zero attached hydrogens (tertiary/aromatic N) is 2. The maximum atomic E-state index is 5.16. The van der Waals surface area contributed by atoms with Crippen LogP contribution in [0.1, 0.15) is 19.8 Å². The second kappa shape index (κ2) is 7.00. The molecule has 0 aliphatic rings. The van der Waals surface area contributed by atoms with Crippen molar-refractivity contribution in [2.45, 2.75) is 25.8 Å². The van der Waals surface area contributed by atoms with Crippen molar-refractivity contribution in [1.82, 2.24) is 9.97 Å². The number of ether oxygens (including phenoxy) is 1. The number of nitrogens with one attached hydrogen (secondary N) is 2. The van der Waals surface area contributed by atoms with Crippen molar-refractivity contribution < 1.29 is 4.74 Å². The first kappa shape index (κ1) is 12.7. The quantitative estimate of drug-likeness (QED) is 0.739. The molecule has 1 atom stereocenters. The summed E-state index contributed by atoms with van der Waals surface area (Å²) >= 11 is 0. The molecule has 0 radical (unpaired) electrons. The van der Waals surface area contributed by atoms with Crippen LogP contribution in [0.2, 0.25) is 0 Å². The summed E-state index contributed by atoms with van der Waals surface area (Å²) in [6.45, 7) is 2.84. The zero-order chi connectivity index (χ0) is 11.8. The monoisotopic (exact) mass is 224 g/mol. The van der Waals surface area contributed by atoms with E-state index in [1.165, 1.54) is 0 Å². The Kier molecular flexibility index (Phi) is 5.56. The van der Waals surface area contributed by atoms with Crippen molar-refractivity contribution in [3.05, 3.63) is 12.4 Å². The SMILES string of the molecule is CCCC(COC)Nc1cc(NC)ncn1. The van der Waals surface area contributed by atoms with Crippen LogP contribution in [-0.4, -0.2) is 36.8 Å². The number of aromatic nitrogens is 2. The lowest BCUT2D eigenvalue weighted by molar-refractivity contribution is 0.182. The molecule has 1 aromatic rings. The Hall–Kier alpha value is -1.36. The molecule has 5 heteroatoms. The van der Waals surface area contributed by atoms with Crippen LogP contribution in [0.3, 0.4) is 0 Å². The maximum Gasteiger partial charge on any atom is 0.131 e. The molecule has 1 aromatic heterocycles. The highest BCUT2D eigenvalue weighted by Gasteiger charge is 2.08. The topological polar surface area (TPSA) is 59.1 Å². The van der Waals surface area contributed by atoms with Gasteiger partial charge in [0.05, 0.1) is 12.6 Å². The molecule has 16 heavy (non-hydrogen) atoms. The molecule has 1 unspecified atom stereocenters. The standard InChI is InChI=1S/C11H20N4O/c1-4-5-9(7-16-3)15-11-6-10(12-2)13-8-14-11/h6,8-9H,4-5,7H2,1-3H3,(H2,12,13,14,15). The predicted octanol–water partition coefficient (Wildman–Crippen LogP) is 1.75. The van der Waals surface area contributed by atoms with Crippen LogP contribution >= 0.6 is 0 Å². The van der Waals surface area contributed by atoms with E-state index >= 15 is 0 Å². The minimum atomic E-state index is 0.301. The van der Waals surface area contributed by atoms with Gasteiger partial charge in [-0.05, 0) is 6.42 Å². The number of hydrogen-bond acceptors (Lipinski definition) is 5. The molecule has 0 saturated carbocycles. The molecule has 0 aliphatic carbocycles. The summed E-state index contributed by atoms with van der Waals surface area (Å²) in [5.74, 6) is 1.64. The van der Waals surface area contributed by atoms with Gasteiger partial charge in [0.1, 0.15) is 18.0 Å². The van der Waals surface area contributed by atoms with Crippen LogP contribution in [-0.2, 0) is 4.74 Å². The molecule has 2 N–H and O–H groups in total. The van der Waals surface area contributed by atoms with Gasteiger partial charge in [-0.1, -0.05) is 13.3 Å². The molecule has 0 fully saturated rings. The van der Waals surface area contributed by atoms with Crippen molar-refractivity contribution in [2.24, 2.45) is 0 Å². The predicted molar refractivity (Wildman–Crippen MR) is 65.8 cm³/mol. The Bertz CT molecular complexity index is 300. The fourth-order valence-electron chi connectivity index (χ4n) is 1.53. The minimum Gasteiger partial charge on any atom is -0.383 e. The van der Waals surface area contributed by atoms with E-state index in [0.717, 1.165) is 24.5 Å². The second-order valence-corrected chi connectivity index (χ2v) is 3.62. The summed E-state index contributed by atoms with van der Waals surface area (Å²) in [5, 5.41) is 6.32. The maximum absolute atomic E-state index is 5.16. The van der Waals surface area contributed by atoms with Gasteiger partial charge in [0.2, 0.25) is 0 Å². The van der Waals surface area contributed by atoms with Gasteiger partial charge < -0.3 is 15.4 Å². The molecule has 0 bridgehead atoms. The lowest BCUT2D eigenvalue weighted by atomic mass is 10.2. The van der Waals surface area contributed by atoms with Crippen molar-refractivity contribution >= 4 is 11.6 Å². The summed E-state index contributed by atoms with van der Waals surface area (Å²) in [7, 11) is 3.55. The Balaban J connectivity index is 2.60. The largest absolute Gasteiger partial charge is 0.383 e. The van der Waals surface area contributed by atoms with E-state index in [9.17, 15) is 0 Å². The zero-order valence-electron chi connectivity index (χ0n) is 10.2. The highest BCUT2D eigenvalue weighted by Crippen LogP contribution is 2.11. The van der Waals surface area contributed by atoms with E-state index < -0.39 is 0 Å². The van der Waals surface area contributed by atoms with E-state index in [2.05, 4.69) is 27.5 Å². The number of hydrogen-bond donors (Lipinski definition) is 2. The third-order valence-electron chi connectivity index (χ3n) is 2.28. The van der Waals surface area contributed by atoms with Crippen molar-refractivity contribution in [3.8, 4) is 0 Å². The summed E-state index contributed by atoms with van der Waals surface area (Å²) < 4.78 is 5.16. The van der Waals surface area contributed by atoms with Crippen LogP contribution in [0.5, 0.6) is 0 Å². The fourth-order valence-corrected chi connectivity index (χ4v) is 1.53. The first-order chi connectivity index (χ1) is 7.80. The Morgan fingerprint density at radius 3 is 2.75 bits per heavy atom. The molecule has 1 heterocycles. The average molecular weight is 224 g/mol. The summed E-state index contributed by atoms with van der Waals surface area (Å²) in [6, 6.07) is 2.19. The van der Waals surface area contributed by atoms with Gasteiger partial charge in [0.25, 0.3) is 0 Å². The first-order valence-corrected chi connectivity index (χ1v) is 5.55. The van der Waals surface area contributed by atoms with Gasteiger partial charge in [-0.2, -0.15) is 0 Å². The molecule has 1 rings (SSSR count). The Labute approximate surface area is 96.6 Å².